The normalized spacial score (nSPS) is 21.8. The largest absolute Gasteiger partial charge is 0.573 e. The number of hydrogen-bond acceptors (Lipinski definition) is 6. The van der Waals surface area contributed by atoms with Crippen molar-refractivity contribution in [2.24, 2.45) is 0 Å². The molecular weight excluding hydrogens is 588 g/mol. The first kappa shape index (κ1) is 30.1. The Morgan fingerprint density at radius 3 is 2.21 bits per heavy atom. The lowest BCUT2D eigenvalue weighted by atomic mass is 9.94. The van der Waals surface area contributed by atoms with Crippen LogP contribution in [0, 0.1) is 0 Å². The molecule has 1 saturated heterocycles. The van der Waals surface area contributed by atoms with Gasteiger partial charge < -0.3 is 19.6 Å². The Bertz CT molecular complexity index is 1550. The summed E-state index contributed by atoms with van der Waals surface area (Å²) < 4.78 is 112. The molecule has 226 valence electrons. The smallest absolute Gasteiger partial charge is 0.406 e. The van der Waals surface area contributed by atoms with Crippen LogP contribution in [0.5, 0.6) is 5.75 Å². The zero-order valence-electron chi connectivity index (χ0n) is 22.2. The minimum atomic E-state index is -4.95. The van der Waals surface area contributed by atoms with E-state index in [0.29, 0.717) is 12.1 Å². The Morgan fingerprint density at radius 1 is 0.881 bits per heavy atom. The Morgan fingerprint density at radius 2 is 1.55 bits per heavy atom. The molecule has 0 bridgehead atoms. The SMILES string of the molecule is CN1C[C@H](NS(=O)(=O)c2ccc(OC(F)(F)F)cc2)[C@@H](O)[C@H](N2c3ccccc3CCc3c2cccc3C(F)(F)F)C1. The van der Waals surface area contributed by atoms with Gasteiger partial charge in [0.1, 0.15) is 5.75 Å². The first-order valence-electron chi connectivity index (χ1n) is 12.9. The fourth-order valence-corrected chi connectivity index (χ4v) is 6.92. The number of piperidine rings is 1. The van der Waals surface area contributed by atoms with Gasteiger partial charge in [0, 0.05) is 24.5 Å². The molecule has 0 aliphatic carbocycles. The molecule has 0 amide bonds. The van der Waals surface area contributed by atoms with Gasteiger partial charge in [-0.25, -0.2) is 13.1 Å². The van der Waals surface area contributed by atoms with Crippen molar-refractivity contribution in [3.05, 3.63) is 83.4 Å². The molecule has 42 heavy (non-hydrogen) atoms. The second-order valence-corrected chi connectivity index (χ2v) is 12.0. The molecular formula is C28H27F6N3O4S. The van der Waals surface area contributed by atoms with Gasteiger partial charge in [0.15, 0.2) is 0 Å². The lowest BCUT2D eigenvalue weighted by Gasteiger charge is -2.46. The van der Waals surface area contributed by atoms with Gasteiger partial charge in [-0.2, -0.15) is 13.2 Å². The number of likely N-dealkylation sites (tertiary alicyclic amines) is 1. The maximum atomic E-state index is 14.0. The summed E-state index contributed by atoms with van der Waals surface area (Å²) in [6.07, 6.45) is -10.5. The average Bonchev–Trinajstić information content (AvgIpc) is 3.06. The first-order valence-corrected chi connectivity index (χ1v) is 14.4. The number of nitrogens with one attached hydrogen (secondary N) is 1. The third kappa shape index (κ3) is 6.21. The highest BCUT2D eigenvalue weighted by atomic mass is 32.2. The minimum Gasteiger partial charge on any atom is -0.406 e. The molecule has 2 aliphatic heterocycles. The predicted octanol–water partition coefficient (Wildman–Crippen LogP) is 4.86. The molecule has 0 spiro atoms. The van der Waals surface area contributed by atoms with Crippen molar-refractivity contribution in [2.45, 2.75) is 48.5 Å². The summed E-state index contributed by atoms with van der Waals surface area (Å²) in [4.78, 5) is 3.07. The summed E-state index contributed by atoms with van der Waals surface area (Å²) in [7, 11) is -2.63. The van der Waals surface area contributed by atoms with Crippen LogP contribution in [0.25, 0.3) is 0 Å². The molecule has 0 radical (unpaired) electrons. The van der Waals surface area contributed by atoms with Gasteiger partial charge in [0.05, 0.1) is 28.6 Å². The number of likely N-dealkylation sites (N-methyl/N-ethyl adjacent to an activating group) is 1. The first-order chi connectivity index (χ1) is 19.6. The maximum absolute atomic E-state index is 14.0. The molecule has 5 rings (SSSR count). The number of ether oxygens (including phenoxy) is 1. The van der Waals surface area contributed by atoms with E-state index >= 15 is 0 Å². The van der Waals surface area contributed by atoms with Crippen molar-refractivity contribution in [3.8, 4) is 5.75 Å². The Hall–Kier alpha value is -3.33. The lowest BCUT2D eigenvalue weighted by Crippen LogP contribution is -2.64. The summed E-state index contributed by atoms with van der Waals surface area (Å²) >= 11 is 0. The van der Waals surface area contributed by atoms with Crippen molar-refractivity contribution >= 4 is 21.4 Å². The molecule has 3 aromatic rings. The van der Waals surface area contributed by atoms with Crippen LogP contribution in [0.1, 0.15) is 16.7 Å². The Balaban J connectivity index is 1.50. The van der Waals surface area contributed by atoms with Crippen LogP contribution in [-0.4, -0.2) is 63.1 Å². The number of hydrogen-bond donors (Lipinski definition) is 2. The third-order valence-electron chi connectivity index (χ3n) is 7.43. The highest BCUT2D eigenvalue weighted by molar-refractivity contribution is 7.89. The molecule has 1 fully saturated rings. The van der Waals surface area contributed by atoms with Crippen molar-refractivity contribution in [3.63, 3.8) is 0 Å². The standard InChI is InChI=1S/C28H27F6N3O4S/c1-36-15-22(35-42(39,40)19-12-10-18(11-13-19)41-28(32,33)34)26(38)25(16-36)37-23-7-3-2-5-17(23)9-14-20-21(27(29,30)31)6-4-8-24(20)37/h2-8,10-13,22,25-26,35,38H,9,14-16H2,1H3/t22-,25+,26+/m0/s1. The number of alkyl halides is 6. The van der Waals surface area contributed by atoms with Gasteiger partial charge >= 0.3 is 12.5 Å². The number of anilines is 2. The van der Waals surface area contributed by atoms with Gasteiger partial charge in [-0.05, 0) is 73.5 Å². The van der Waals surface area contributed by atoms with E-state index in [-0.39, 0.29) is 35.7 Å². The number of aliphatic hydroxyl groups excluding tert-OH is 1. The number of para-hydroxylation sites is 1. The predicted molar refractivity (Wildman–Crippen MR) is 142 cm³/mol. The number of aliphatic hydroxyl groups is 1. The molecule has 2 heterocycles. The second kappa shape index (κ2) is 11.1. The molecule has 14 heteroatoms. The van der Waals surface area contributed by atoms with E-state index in [2.05, 4.69) is 9.46 Å². The molecule has 7 nitrogen and oxygen atoms in total. The van der Waals surface area contributed by atoms with Crippen molar-refractivity contribution in [1.29, 1.82) is 0 Å². The summed E-state index contributed by atoms with van der Waals surface area (Å²) in [5, 5.41) is 11.6. The van der Waals surface area contributed by atoms with E-state index in [0.717, 1.165) is 35.9 Å². The molecule has 2 N–H and O–H groups in total. The van der Waals surface area contributed by atoms with Gasteiger partial charge in [-0.15, -0.1) is 13.2 Å². The van der Waals surface area contributed by atoms with Crippen molar-refractivity contribution in [2.75, 3.05) is 25.0 Å². The summed E-state index contributed by atoms with van der Waals surface area (Å²) in [6.45, 7) is 0.268. The van der Waals surface area contributed by atoms with Crippen LogP contribution in [0.15, 0.2) is 71.6 Å². The van der Waals surface area contributed by atoms with E-state index < -0.39 is 52.1 Å². The minimum absolute atomic E-state index is 0.0666. The highest BCUT2D eigenvalue weighted by Crippen LogP contribution is 2.44. The maximum Gasteiger partial charge on any atom is 0.573 e. The number of sulfonamides is 1. The van der Waals surface area contributed by atoms with E-state index in [1.165, 1.54) is 6.07 Å². The third-order valence-corrected chi connectivity index (χ3v) is 8.94. The summed E-state index contributed by atoms with van der Waals surface area (Å²) in [5.41, 5.74) is 0.972. The van der Waals surface area contributed by atoms with Gasteiger partial charge in [-0.1, -0.05) is 24.3 Å². The summed E-state index contributed by atoms with van der Waals surface area (Å²) in [6, 6.07) is 12.6. The molecule has 3 atom stereocenters. The Labute approximate surface area is 238 Å². The number of halogens is 6. The average molecular weight is 616 g/mol. The van der Waals surface area contributed by atoms with Gasteiger partial charge in [0.2, 0.25) is 10.0 Å². The molecule has 3 aromatic carbocycles. The van der Waals surface area contributed by atoms with Crippen LogP contribution < -0.4 is 14.4 Å². The highest BCUT2D eigenvalue weighted by Gasteiger charge is 2.43. The molecule has 0 unspecified atom stereocenters. The number of nitrogens with zero attached hydrogens (tertiary/aromatic N) is 2. The quantitative estimate of drug-likeness (QED) is 0.399. The lowest BCUT2D eigenvalue weighted by molar-refractivity contribution is -0.274. The number of aryl methyl sites for hydroxylation is 1. The molecule has 0 saturated carbocycles. The molecule has 2 aliphatic rings. The second-order valence-electron chi connectivity index (χ2n) is 10.3. The van der Waals surface area contributed by atoms with Crippen LogP contribution >= 0.6 is 0 Å². The number of benzene rings is 3. The topological polar surface area (TPSA) is 82.1 Å². The van der Waals surface area contributed by atoms with Gasteiger partial charge in [-0.3, -0.25) is 0 Å². The summed E-state index contributed by atoms with van der Waals surface area (Å²) in [5.74, 6) is -0.601. The van der Waals surface area contributed by atoms with E-state index in [4.69, 9.17) is 0 Å². The van der Waals surface area contributed by atoms with Crippen LogP contribution in [0.2, 0.25) is 0 Å². The van der Waals surface area contributed by atoms with Gasteiger partial charge in [0.25, 0.3) is 0 Å². The van der Waals surface area contributed by atoms with Crippen molar-refractivity contribution < 1.29 is 44.6 Å². The van der Waals surface area contributed by atoms with Crippen LogP contribution in [0.3, 0.4) is 0 Å². The van der Waals surface area contributed by atoms with E-state index in [1.54, 1.807) is 41.1 Å². The monoisotopic (exact) mass is 615 g/mol. The van der Waals surface area contributed by atoms with Crippen LogP contribution in [0.4, 0.5) is 37.7 Å². The Kier molecular flexibility index (Phi) is 7.94. The number of fused-ring (bicyclic) bond motifs is 2. The van der Waals surface area contributed by atoms with Crippen LogP contribution in [-0.2, 0) is 29.0 Å². The fraction of sp³-hybridized carbons (Fsp3) is 0.357. The fourth-order valence-electron chi connectivity index (χ4n) is 5.68. The number of rotatable bonds is 5. The molecule has 0 aromatic heterocycles. The zero-order valence-corrected chi connectivity index (χ0v) is 23.0. The van der Waals surface area contributed by atoms with E-state index in [9.17, 15) is 39.9 Å². The van der Waals surface area contributed by atoms with E-state index in [1.807, 2.05) is 6.07 Å². The zero-order chi connectivity index (χ0) is 30.4. The van der Waals surface area contributed by atoms with Crippen molar-refractivity contribution in [1.82, 2.24) is 9.62 Å².